The van der Waals surface area contributed by atoms with Gasteiger partial charge in [-0.25, -0.2) is 0 Å². The molecule has 2 aliphatic rings. The largest absolute Gasteiger partial charge is 2.00 e. The second-order valence-electron chi connectivity index (χ2n) is 9.78. The zero-order chi connectivity index (χ0) is 18.6. The number of hydrogen-bond donors (Lipinski definition) is 0. The molecule has 0 N–H and O–H groups in total. The Hall–Kier alpha value is 1.57. The van der Waals surface area contributed by atoms with Crippen LogP contribution in [0.15, 0.2) is 0 Å². The molecule has 2 aliphatic carbocycles. The molecule has 1 heteroatoms. The predicted octanol–water partition coefficient (Wildman–Crippen LogP) is 8.44. The molecule has 0 aromatic carbocycles. The predicted molar refractivity (Wildman–Crippen MR) is 129 cm³/mol. The van der Waals surface area contributed by atoms with Gasteiger partial charge < -0.3 is 14.9 Å². The molecule has 0 aromatic heterocycles. The van der Waals surface area contributed by atoms with Gasteiger partial charge in [-0.3, -0.25) is 0 Å². The number of rotatable bonds is 4. The summed E-state index contributed by atoms with van der Waals surface area (Å²) >= 11 is 0. The minimum atomic E-state index is 0. The van der Waals surface area contributed by atoms with Crippen molar-refractivity contribution in [3.05, 3.63) is 14.9 Å². The molecule has 27 heavy (non-hydrogen) atoms. The molecule has 0 amide bonds. The van der Waals surface area contributed by atoms with Crippen molar-refractivity contribution >= 4 is 48.9 Å². The van der Waals surface area contributed by atoms with Gasteiger partial charge in [-0.05, 0) is 59.2 Å². The summed E-state index contributed by atoms with van der Waals surface area (Å²) in [7, 11) is 0. The maximum absolute atomic E-state index is 2.45. The Morgan fingerprint density at radius 2 is 0.593 bits per heavy atom. The van der Waals surface area contributed by atoms with Crippen molar-refractivity contribution in [1.29, 1.82) is 0 Å². The molecule has 8 atom stereocenters. The molecule has 0 spiro atoms. The van der Waals surface area contributed by atoms with Gasteiger partial charge in [-0.2, -0.15) is 0 Å². The van der Waals surface area contributed by atoms with Crippen LogP contribution in [0.2, 0.25) is 0 Å². The molecule has 8 unspecified atom stereocenters. The van der Waals surface area contributed by atoms with E-state index in [0.29, 0.717) is 0 Å². The van der Waals surface area contributed by atoms with Gasteiger partial charge in [-0.1, -0.05) is 94.9 Å². The molecule has 160 valence electrons. The van der Waals surface area contributed by atoms with Crippen molar-refractivity contribution in [1.82, 2.24) is 0 Å². The first kappa shape index (κ1) is 33.2. The van der Waals surface area contributed by atoms with Crippen molar-refractivity contribution in [3.63, 3.8) is 0 Å². The van der Waals surface area contributed by atoms with Crippen LogP contribution >= 0.6 is 0 Å². The van der Waals surface area contributed by atoms with E-state index in [9.17, 15) is 0 Å². The molecule has 0 heterocycles. The normalized spacial score (nSPS) is 42.9. The first-order chi connectivity index (χ1) is 11.2. The maximum atomic E-state index is 2.45. The molecule has 0 bridgehead atoms. The smallest absolute Gasteiger partial charge is 0.358 e. The fourth-order valence-electron chi connectivity index (χ4n) is 6.15. The molecular formula is C26H54Ba. The van der Waals surface area contributed by atoms with E-state index < -0.39 is 0 Å². The Labute approximate surface area is 215 Å². The second-order valence-corrected chi connectivity index (χ2v) is 9.78. The topological polar surface area (TPSA) is 0 Å². The van der Waals surface area contributed by atoms with Crippen LogP contribution in [0.3, 0.4) is 0 Å². The van der Waals surface area contributed by atoms with Gasteiger partial charge in [0.1, 0.15) is 0 Å². The van der Waals surface area contributed by atoms with E-state index in [0.717, 1.165) is 59.2 Å². The molecule has 0 aliphatic heterocycles. The van der Waals surface area contributed by atoms with Crippen molar-refractivity contribution in [2.24, 2.45) is 59.2 Å². The summed E-state index contributed by atoms with van der Waals surface area (Å²) in [6.45, 7) is 24.2. The summed E-state index contributed by atoms with van der Waals surface area (Å²) < 4.78 is 0. The zero-order valence-corrected chi connectivity index (χ0v) is 25.7. The molecule has 0 nitrogen and oxygen atoms in total. The molecule has 0 saturated heterocycles. The fourth-order valence-corrected chi connectivity index (χ4v) is 6.15. The van der Waals surface area contributed by atoms with E-state index in [4.69, 9.17) is 0 Å². The van der Waals surface area contributed by atoms with Crippen LogP contribution in [0, 0.1) is 74.0 Å². The van der Waals surface area contributed by atoms with Crippen LogP contribution in [0.5, 0.6) is 0 Å². The summed E-state index contributed by atoms with van der Waals surface area (Å²) in [5.41, 5.74) is 0. The van der Waals surface area contributed by atoms with E-state index in [-0.39, 0.29) is 63.7 Å². The van der Waals surface area contributed by atoms with Crippen LogP contribution in [0.4, 0.5) is 0 Å². The average Bonchev–Trinajstić information content (AvgIpc) is 2.86. The molecular weight excluding hydrogens is 450 g/mol. The standard InChI is InChI=1S/2C12H24.2CH3.Ba/c2*1-6-7-12-10(4)8(2)9(3)11(12)5;;;/h2*8-12H,6-7H2,1-5H3;2*1H3;/q;;2*-1;+2. The van der Waals surface area contributed by atoms with Crippen LogP contribution in [-0.4, -0.2) is 48.9 Å². The van der Waals surface area contributed by atoms with Crippen molar-refractivity contribution in [2.45, 2.75) is 94.9 Å². The third-order valence-electron chi connectivity index (χ3n) is 8.92. The van der Waals surface area contributed by atoms with Gasteiger partial charge in [0, 0.05) is 0 Å². The Morgan fingerprint density at radius 3 is 0.741 bits per heavy atom. The summed E-state index contributed by atoms with van der Waals surface area (Å²) in [4.78, 5) is 0. The van der Waals surface area contributed by atoms with Crippen molar-refractivity contribution < 1.29 is 0 Å². The Morgan fingerprint density at radius 1 is 0.407 bits per heavy atom. The van der Waals surface area contributed by atoms with Gasteiger partial charge in [-0.15, -0.1) is 0 Å². The quantitative estimate of drug-likeness (QED) is 0.266. The van der Waals surface area contributed by atoms with Crippen molar-refractivity contribution in [3.8, 4) is 0 Å². The summed E-state index contributed by atoms with van der Waals surface area (Å²) in [5, 5.41) is 0. The number of hydrogen-bond acceptors (Lipinski definition) is 0. The third kappa shape index (κ3) is 7.97. The van der Waals surface area contributed by atoms with Gasteiger partial charge >= 0.3 is 48.9 Å². The monoisotopic (exact) mass is 504 g/mol. The maximum Gasteiger partial charge on any atom is 2.00 e. The van der Waals surface area contributed by atoms with E-state index in [1.54, 1.807) is 0 Å². The Balaban J connectivity index is -0.000000384. The summed E-state index contributed by atoms with van der Waals surface area (Å²) in [6, 6.07) is 0. The van der Waals surface area contributed by atoms with E-state index in [2.05, 4.69) is 69.2 Å². The Bertz CT molecular complexity index is 290. The molecule has 2 saturated carbocycles. The van der Waals surface area contributed by atoms with Gasteiger partial charge in [0.15, 0.2) is 0 Å². The molecule has 2 rings (SSSR count). The Kier molecular flexibility index (Phi) is 18.9. The minimum Gasteiger partial charge on any atom is -0.358 e. The third-order valence-corrected chi connectivity index (χ3v) is 8.92. The van der Waals surface area contributed by atoms with E-state index >= 15 is 0 Å². The first-order valence-electron chi connectivity index (χ1n) is 11.2. The summed E-state index contributed by atoms with van der Waals surface area (Å²) in [6.07, 6.45) is 5.60. The zero-order valence-electron chi connectivity index (χ0n) is 21.3. The minimum absolute atomic E-state index is 0. The molecule has 0 radical (unpaired) electrons. The second kappa shape index (κ2) is 15.4. The van der Waals surface area contributed by atoms with Gasteiger partial charge in [0.2, 0.25) is 0 Å². The van der Waals surface area contributed by atoms with Crippen LogP contribution in [-0.2, 0) is 0 Å². The first-order valence-corrected chi connectivity index (χ1v) is 11.2. The SMILES string of the molecule is CCCC1C(C)C(C)C(C)C1C.CCCC1C(C)C(C)C(C)C1C.[Ba+2].[CH3-].[CH3-]. The van der Waals surface area contributed by atoms with Crippen LogP contribution in [0.25, 0.3) is 0 Å². The van der Waals surface area contributed by atoms with Crippen LogP contribution in [0.1, 0.15) is 94.9 Å². The molecule has 0 aromatic rings. The van der Waals surface area contributed by atoms with E-state index in [1.807, 2.05) is 0 Å². The van der Waals surface area contributed by atoms with Crippen LogP contribution < -0.4 is 0 Å². The van der Waals surface area contributed by atoms with Crippen molar-refractivity contribution in [2.75, 3.05) is 0 Å². The van der Waals surface area contributed by atoms with Gasteiger partial charge in [0.05, 0.1) is 0 Å². The fraction of sp³-hybridized carbons (Fsp3) is 0.923. The summed E-state index contributed by atoms with van der Waals surface area (Å²) in [5.74, 6) is 9.58. The van der Waals surface area contributed by atoms with Gasteiger partial charge in [0.25, 0.3) is 0 Å². The van der Waals surface area contributed by atoms with E-state index in [1.165, 1.54) is 25.7 Å². The average molecular weight is 504 g/mol. The molecule has 2 fully saturated rings.